The van der Waals surface area contributed by atoms with Crippen LogP contribution in [0.2, 0.25) is 0 Å². The van der Waals surface area contributed by atoms with Crippen LogP contribution in [0.3, 0.4) is 0 Å². The van der Waals surface area contributed by atoms with E-state index in [0.717, 1.165) is 0 Å². The van der Waals surface area contributed by atoms with E-state index >= 15 is 0 Å². The van der Waals surface area contributed by atoms with Crippen molar-refractivity contribution in [2.75, 3.05) is 24.2 Å². The minimum Gasteiger partial charge on any atom is -0.465 e. The number of nitrogens with two attached hydrogens (primary N) is 1. The minimum atomic E-state index is -0.549. The molecule has 0 saturated heterocycles. The van der Waals surface area contributed by atoms with E-state index in [0.29, 0.717) is 29.1 Å². The molecule has 1 heterocycles. The minimum absolute atomic E-state index is 0.00559. The molecular weight excluding hydrogens is 238 g/mol. The highest BCUT2D eigenvalue weighted by Gasteiger charge is 2.08. The molecule has 4 N–H and O–H groups in total. The SMILES string of the molecule is CCOC(=O)CNc1cc2[nH]c(=O)oc2cc1N. The first-order valence-corrected chi connectivity index (χ1v) is 5.42. The maximum Gasteiger partial charge on any atom is 0.417 e. The molecule has 0 aliphatic rings. The highest BCUT2D eigenvalue weighted by Crippen LogP contribution is 2.24. The first-order valence-electron chi connectivity index (χ1n) is 5.42. The van der Waals surface area contributed by atoms with E-state index in [4.69, 9.17) is 14.9 Å². The maximum absolute atomic E-state index is 11.2. The number of esters is 1. The van der Waals surface area contributed by atoms with Gasteiger partial charge in [-0.3, -0.25) is 9.78 Å². The van der Waals surface area contributed by atoms with Crippen molar-refractivity contribution in [3.8, 4) is 0 Å². The van der Waals surface area contributed by atoms with Crippen LogP contribution >= 0.6 is 0 Å². The quantitative estimate of drug-likeness (QED) is 0.544. The Bertz CT molecular complexity index is 629. The number of H-pyrrole nitrogens is 1. The maximum atomic E-state index is 11.2. The predicted molar refractivity (Wildman–Crippen MR) is 66.4 cm³/mol. The molecular formula is C11H13N3O4. The summed E-state index contributed by atoms with van der Waals surface area (Å²) in [4.78, 5) is 24.7. The fraction of sp³-hybridized carbons (Fsp3) is 0.273. The number of hydrogen-bond acceptors (Lipinski definition) is 6. The molecule has 0 fully saturated rings. The highest BCUT2D eigenvalue weighted by atomic mass is 16.5. The van der Waals surface area contributed by atoms with Gasteiger partial charge in [0.25, 0.3) is 0 Å². The average Bonchev–Trinajstić information content (AvgIpc) is 2.65. The van der Waals surface area contributed by atoms with Crippen LogP contribution in [-0.4, -0.2) is 24.1 Å². The molecule has 0 saturated carbocycles. The highest BCUT2D eigenvalue weighted by molar-refractivity contribution is 5.86. The Hall–Kier alpha value is -2.44. The molecule has 2 aromatic rings. The third kappa shape index (κ3) is 2.45. The summed E-state index contributed by atoms with van der Waals surface area (Å²) in [5, 5.41) is 2.84. The van der Waals surface area contributed by atoms with Gasteiger partial charge in [-0.25, -0.2) is 4.79 Å². The third-order valence-electron chi connectivity index (χ3n) is 2.32. The summed E-state index contributed by atoms with van der Waals surface area (Å²) in [6, 6.07) is 3.12. The monoisotopic (exact) mass is 251 g/mol. The van der Waals surface area contributed by atoms with E-state index in [1.54, 1.807) is 13.0 Å². The van der Waals surface area contributed by atoms with Crippen molar-refractivity contribution in [3.05, 3.63) is 22.7 Å². The molecule has 0 atom stereocenters. The Balaban J connectivity index is 2.19. The van der Waals surface area contributed by atoms with Crippen LogP contribution in [0.15, 0.2) is 21.3 Å². The number of benzene rings is 1. The Morgan fingerprint density at radius 1 is 1.56 bits per heavy atom. The van der Waals surface area contributed by atoms with Crippen molar-refractivity contribution >= 4 is 28.4 Å². The molecule has 0 unspecified atom stereocenters. The Labute approximate surface area is 102 Å². The van der Waals surface area contributed by atoms with Crippen LogP contribution in [0.25, 0.3) is 11.1 Å². The standard InChI is InChI=1S/C11H13N3O4/c1-2-17-10(15)5-13-7-4-8-9(3-6(7)12)18-11(16)14-8/h3-4,13H,2,5,12H2,1H3,(H,14,16). The van der Waals surface area contributed by atoms with Gasteiger partial charge in [-0.05, 0) is 13.0 Å². The number of oxazole rings is 1. The molecule has 0 radical (unpaired) electrons. The molecule has 7 heteroatoms. The lowest BCUT2D eigenvalue weighted by Crippen LogP contribution is -2.17. The number of rotatable bonds is 4. The lowest BCUT2D eigenvalue weighted by atomic mass is 10.2. The molecule has 0 amide bonds. The van der Waals surface area contributed by atoms with Crippen molar-refractivity contribution in [2.45, 2.75) is 6.92 Å². The smallest absolute Gasteiger partial charge is 0.417 e. The van der Waals surface area contributed by atoms with Gasteiger partial charge in [0.2, 0.25) is 0 Å². The molecule has 96 valence electrons. The number of hydrogen-bond donors (Lipinski definition) is 3. The molecule has 0 aliphatic carbocycles. The zero-order valence-electron chi connectivity index (χ0n) is 9.78. The summed E-state index contributed by atoms with van der Waals surface area (Å²) in [5.74, 6) is -0.926. The first kappa shape index (κ1) is 12.0. The molecule has 18 heavy (non-hydrogen) atoms. The number of nitrogens with one attached hydrogen (secondary N) is 2. The number of carbonyl (C=O) groups excluding carboxylic acids is 1. The van der Waals surface area contributed by atoms with Crippen molar-refractivity contribution < 1.29 is 13.9 Å². The van der Waals surface area contributed by atoms with Crippen LogP contribution in [0.4, 0.5) is 11.4 Å². The molecule has 7 nitrogen and oxygen atoms in total. The molecule has 1 aromatic carbocycles. The van der Waals surface area contributed by atoms with Crippen LogP contribution in [0.5, 0.6) is 0 Å². The predicted octanol–water partition coefficient (Wildman–Crippen LogP) is 0.678. The van der Waals surface area contributed by atoms with Gasteiger partial charge >= 0.3 is 11.7 Å². The van der Waals surface area contributed by atoms with Crippen molar-refractivity contribution in [1.29, 1.82) is 0 Å². The largest absolute Gasteiger partial charge is 0.465 e. The fourth-order valence-electron chi connectivity index (χ4n) is 1.55. The molecule has 1 aromatic heterocycles. The Morgan fingerprint density at radius 3 is 3.06 bits per heavy atom. The van der Waals surface area contributed by atoms with E-state index in [-0.39, 0.29) is 12.5 Å². The van der Waals surface area contributed by atoms with E-state index in [2.05, 4.69) is 10.3 Å². The number of aromatic amines is 1. The van der Waals surface area contributed by atoms with Crippen LogP contribution in [-0.2, 0) is 9.53 Å². The fourth-order valence-corrected chi connectivity index (χ4v) is 1.55. The lowest BCUT2D eigenvalue weighted by Gasteiger charge is -2.08. The lowest BCUT2D eigenvalue weighted by molar-refractivity contribution is -0.140. The van der Waals surface area contributed by atoms with Crippen molar-refractivity contribution in [1.82, 2.24) is 4.98 Å². The van der Waals surface area contributed by atoms with Gasteiger partial charge in [0, 0.05) is 6.07 Å². The van der Waals surface area contributed by atoms with Crippen LogP contribution < -0.4 is 16.8 Å². The van der Waals surface area contributed by atoms with E-state index < -0.39 is 5.76 Å². The third-order valence-corrected chi connectivity index (χ3v) is 2.32. The number of aromatic nitrogens is 1. The Morgan fingerprint density at radius 2 is 2.33 bits per heavy atom. The molecule has 0 aliphatic heterocycles. The molecule has 0 spiro atoms. The number of fused-ring (bicyclic) bond motifs is 1. The van der Waals surface area contributed by atoms with E-state index in [1.165, 1.54) is 6.07 Å². The average molecular weight is 251 g/mol. The number of ether oxygens (including phenoxy) is 1. The zero-order chi connectivity index (χ0) is 13.1. The number of nitrogen functional groups attached to an aromatic ring is 1. The van der Waals surface area contributed by atoms with Gasteiger partial charge < -0.3 is 20.2 Å². The van der Waals surface area contributed by atoms with Crippen molar-refractivity contribution in [3.63, 3.8) is 0 Å². The summed E-state index contributed by atoms with van der Waals surface area (Å²) < 4.78 is 9.63. The summed E-state index contributed by atoms with van der Waals surface area (Å²) in [5.41, 5.74) is 7.57. The van der Waals surface area contributed by atoms with Crippen molar-refractivity contribution in [2.24, 2.45) is 0 Å². The van der Waals surface area contributed by atoms with Gasteiger partial charge in [0.1, 0.15) is 6.54 Å². The van der Waals surface area contributed by atoms with Crippen LogP contribution in [0.1, 0.15) is 6.92 Å². The Kier molecular flexibility index (Phi) is 3.22. The summed E-state index contributed by atoms with van der Waals surface area (Å²) in [6.45, 7) is 2.06. The number of carbonyl (C=O) groups is 1. The second-order valence-electron chi connectivity index (χ2n) is 3.61. The first-order chi connectivity index (χ1) is 8.60. The van der Waals surface area contributed by atoms with Gasteiger partial charge in [0.05, 0.1) is 23.5 Å². The summed E-state index contributed by atoms with van der Waals surface area (Å²) >= 11 is 0. The van der Waals surface area contributed by atoms with Crippen LogP contribution in [0, 0.1) is 0 Å². The van der Waals surface area contributed by atoms with E-state index in [9.17, 15) is 9.59 Å². The summed E-state index contributed by atoms with van der Waals surface area (Å²) in [6.07, 6.45) is 0. The number of anilines is 2. The van der Waals surface area contributed by atoms with Gasteiger partial charge in [-0.1, -0.05) is 0 Å². The molecule has 0 bridgehead atoms. The second-order valence-corrected chi connectivity index (χ2v) is 3.61. The topological polar surface area (TPSA) is 110 Å². The van der Waals surface area contributed by atoms with E-state index in [1.807, 2.05) is 0 Å². The molecule has 2 rings (SSSR count). The zero-order valence-corrected chi connectivity index (χ0v) is 9.78. The van der Waals surface area contributed by atoms with Gasteiger partial charge in [-0.15, -0.1) is 0 Å². The second kappa shape index (κ2) is 4.82. The normalized spacial score (nSPS) is 10.5. The van der Waals surface area contributed by atoms with Gasteiger partial charge in [0.15, 0.2) is 5.58 Å². The summed E-state index contributed by atoms with van der Waals surface area (Å²) in [7, 11) is 0. The van der Waals surface area contributed by atoms with Gasteiger partial charge in [-0.2, -0.15) is 0 Å².